The van der Waals surface area contributed by atoms with E-state index >= 15 is 0 Å². The largest absolute Gasteiger partial charge is 0.481 e. The van der Waals surface area contributed by atoms with Crippen molar-refractivity contribution in [3.05, 3.63) is 23.7 Å². The lowest BCUT2D eigenvalue weighted by Crippen LogP contribution is -2.43. The Labute approximate surface area is 147 Å². The average molecular weight is 350 g/mol. The maximum atomic E-state index is 12.7. The number of aryl methyl sites for hydroxylation is 1. The quantitative estimate of drug-likeness (QED) is 0.823. The summed E-state index contributed by atoms with van der Waals surface area (Å²) in [6, 6.07) is 3.20. The highest BCUT2D eigenvalue weighted by molar-refractivity contribution is 5.80. The number of carbonyl (C=O) groups is 2. The van der Waals surface area contributed by atoms with Crippen LogP contribution in [0.1, 0.15) is 43.2 Å². The van der Waals surface area contributed by atoms with Gasteiger partial charge in [0.25, 0.3) is 0 Å². The number of nitrogens with zero attached hydrogens (tertiary/aromatic N) is 1. The predicted molar refractivity (Wildman–Crippen MR) is 90.2 cm³/mol. The first kappa shape index (κ1) is 17.8. The standard InChI is InChI=1S/C18H26N2O5/c1-12-5-6-15(25-12)14(7-9-24-2)19-17(23)20-10-13-4-3-8-18(13,11-20)16(21)22/h5-6,13-14H,3-4,7-11H2,1-2H3,(H,19,23)(H,21,22)/t13-,14?,18+/m0/s1. The van der Waals surface area contributed by atoms with Gasteiger partial charge >= 0.3 is 12.0 Å². The Morgan fingerprint density at radius 3 is 2.92 bits per heavy atom. The van der Waals surface area contributed by atoms with E-state index in [9.17, 15) is 14.7 Å². The maximum Gasteiger partial charge on any atom is 0.318 e. The van der Waals surface area contributed by atoms with Crippen molar-refractivity contribution in [1.82, 2.24) is 10.2 Å². The number of carboxylic acid groups (broad SMARTS) is 1. The Morgan fingerprint density at radius 2 is 2.32 bits per heavy atom. The highest BCUT2D eigenvalue weighted by Gasteiger charge is 2.55. The van der Waals surface area contributed by atoms with Crippen LogP contribution in [0.2, 0.25) is 0 Å². The van der Waals surface area contributed by atoms with Gasteiger partial charge < -0.3 is 24.5 Å². The Morgan fingerprint density at radius 1 is 1.52 bits per heavy atom. The minimum atomic E-state index is -0.775. The van der Waals surface area contributed by atoms with Gasteiger partial charge in [0.2, 0.25) is 0 Å². The highest BCUT2D eigenvalue weighted by atomic mass is 16.5. The number of carboxylic acids is 1. The van der Waals surface area contributed by atoms with Crippen LogP contribution in [-0.4, -0.2) is 48.8 Å². The van der Waals surface area contributed by atoms with E-state index < -0.39 is 11.4 Å². The molecule has 1 unspecified atom stereocenters. The highest BCUT2D eigenvalue weighted by Crippen LogP contribution is 2.48. The number of amides is 2. The van der Waals surface area contributed by atoms with Gasteiger partial charge in [-0.2, -0.15) is 0 Å². The van der Waals surface area contributed by atoms with E-state index in [1.54, 1.807) is 12.0 Å². The molecule has 1 aliphatic carbocycles. The van der Waals surface area contributed by atoms with Crippen LogP contribution in [-0.2, 0) is 9.53 Å². The predicted octanol–water partition coefficient (Wildman–Crippen LogP) is 2.56. The molecule has 2 N–H and O–H groups in total. The van der Waals surface area contributed by atoms with Gasteiger partial charge in [0.1, 0.15) is 11.5 Å². The zero-order valence-corrected chi connectivity index (χ0v) is 14.8. The SMILES string of the molecule is COCCC(NC(=O)N1C[C@@H]2CCC[C@@]2(C(=O)O)C1)c1ccc(C)o1. The van der Waals surface area contributed by atoms with Crippen molar-refractivity contribution in [2.45, 2.75) is 38.6 Å². The van der Waals surface area contributed by atoms with Crippen LogP contribution in [0.25, 0.3) is 0 Å². The number of urea groups is 1. The number of hydrogen-bond acceptors (Lipinski definition) is 4. The van der Waals surface area contributed by atoms with E-state index in [2.05, 4.69) is 5.32 Å². The molecule has 7 heteroatoms. The summed E-state index contributed by atoms with van der Waals surface area (Å²) in [5.74, 6) is 0.754. The summed E-state index contributed by atoms with van der Waals surface area (Å²) in [5.41, 5.74) is -0.763. The van der Waals surface area contributed by atoms with Crippen molar-refractivity contribution >= 4 is 12.0 Å². The molecule has 2 heterocycles. The summed E-state index contributed by atoms with van der Waals surface area (Å²) in [5, 5.41) is 12.7. The van der Waals surface area contributed by atoms with Crippen molar-refractivity contribution in [2.75, 3.05) is 26.8 Å². The molecule has 0 spiro atoms. The number of furan rings is 1. The van der Waals surface area contributed by atoms with Crippen LogP contribution in [0.15, 0.2) is 16.5 Å². The maximum absolute atomic E-state index is 12.7. The Balaban J connectivity index is 1.68. The fourth-order valence-corrected chi connectivity index (χ4v) is 4.20. The van der Waals surface area contributed by atoms with Crippen LogP contribution >= 0.6 is 0 Å². The number of hydrogen-bond donors (Lipinski definition) is 2. The molecule has 0 bridgehead atoms. The monoisotopic (exact) mass is 350 g/mol. The van der Waals surface area contributed by atoms with Crippen molar-refractivity contribution in [3.63, 3.8) is 0 Å². The summed E-state index contributed by atoms with van der Waals surface area (Å²) in [7, 11) is 1.62. The van der Waals surface area contributed by atoms with E-state index in [-0.39, 0.29) is 24.5 Å². The molecule has 0 aromatic carbocycles. The number of ether oxygens (including phenoxy) is 1. The van der Waals surface area contributed by atoms with Crippen molar-refractivity contribution in [2.24, 2.45) is 11.3 Å². The molecular weight excluding hydrogens is 324 g/mol. The van der Waals surface area contributed by atoms with Gasteiger partial charge in [-0.15, -0.1) is 0 Å². The number of fused-ring (bicyclic) bond motifs is 1. The lowest BCUT2D eigenvalue weighted by molar-refractivity contribution is -0.149. The molecule has 0 radical (unpaired) electrons. The molecule has 3 atom stereocenters. The molecule has 138 valence electrons. The van der Waals surface area contributed by atoms with Crippen molar-refractivity contribution < 1.29 is 23.8 Å². The van der Waals surface area contributed by atoms with Crippen LogP contribution in [0.4, 0.5) is 4.79 Å². The van der Waals surface area contributed by atoms with Gasteiger partial charge in [0, 0.05) is 26.8 Å². The van der Waals surface area contributed by atoms with Gasteiger partial charge in [0.15, 0.2) is 0 Å². The van der Waals surface area contributed by atoms with Gasteiger partial charge in [-0.3, -0.25) is 4.79 Å². The molecule has 1 aromatic rings. The smallest absolute Gasteiger partial charge is 0.318 e. The van der Waals surface area contributed by atoms with E-state index in [0.717, 1.165) is 18.6 Å². The lowest BCUT2D eigenvalue weighted by Gasteiger charge is -2.25. The number of likely N-dealkylation sites (tertiary alicyclic amines) is 1. The van der Waals surface area contributed by atoms with Crippen molar-refractivity contribution in [3.8, 4) is 0 Å². The fraction of sp³-hybridized carbons (Fsp3) is 0.667. The van der Waals surface area contributed by atoms with Gasteiger partial charge in [-0.05, 0) is 44.2 Å². The number of methoxy groups -OCH3 is 1. The second-order valence-corrected chi connectivity index (χ2v) is 7.16. The lowest BCUT2D eigenvalue weighted by atomic mass is 9.81. The second kappa shape index (κ2) is 7.07. The van der Waals surface area contributed by atoms with Crippen LogP contribution in [0.5, 0.6) is 0 Å². The number of aliphatic carboxylic acids is 1. The second-order valence-electron chi connectivity index (χ2n) is 7.16. The van der Waals surface area contributed by atoms with Crippen LogP contribution in [0.3, 0.4) is 0 Å². The molecule has 1 aliphatic heterocycles. The van der Waals surface area contributed by atoms with E-state index in [1.807, 2.05) is 19.1 Å². The minimum Gasteiger partial charge on any atom is -0.481 e. The summed E-state index contributed by atoms with van der Waals surface area (Å²) in [4.78, 5) is 26.2. The van der Waals surface area contributed by atoms with E-state index in [1.165, 1.54) is 0 Å². The first-order valence-electron chi connectivity index (χ1n) is 8.80. The molecule has 2 amide bonds. The molecule has 25 heavy (non-hydrogen) atoms. The molecule has 3 rings (SSSR count). The van der Waals surface area contributed by atoms with Gasteiger partial charge in [0.05, 0.1) is 11.5 Å². The third kappa shape index (κ3) is 3.38. The molecule has 2 fully saturated rings. The zero-order valence-electron chi connectivity index (χ0n) is 14.8. The normalized spacial score (nSPS) is 26.5. The third-order valence-corrected chi connectivity index (χ3v) is 5.60. The number of carbonyl (C=O) groups excluding carboxylic acids is 1. The Kier molecular flexibility index (Phi) is 5.03. The van der Waals surface area contributed by atoms with E-state index in [0.29, 0.717) is 31.8 Å². The number of rotatable bonds is 6. The summed E-state index contributed by atoms with van der Waals surface area (Å²) in [6.07, 6.45) is 3.05. The van der Waals surface area contributed by atoms with Gasteiger partial charge in [-0.25, -0.2) is 4.79 Å². The van der Waals surface area contributed by atoms with Gasteiger partial charge in [-0.1, -0.05) is 6.42 Å². The minimum absolute atomic E-state index is 0.0547. The first-order valence-corrected chi connectivity index (χ1v) is 8.80. The molecule has 2 aliphatic rings. The summed E-state index contributed by atoms with van der Waals surface area (Å²) >= 11 is 0. The van der Waals surface area contributed by atoms with Crippen molar-refractivity contribution in [1.29, 1.82) is 0 Å². The summed E-state index contributed by atoms with van der Waals surface area (Å²) < 4.78 is 10.8. The first-order chi connectivity index (χ1) is 12.0. The summed E-state index contributed by atoms with van der Waals surface area (Å²) in [6.45, 7) is 3.14. The zero-order chi connectivity index (χ0) is 18.0. The average Bonchev–Trinajstić information content (AvgIpc) is 3.24. The molecule has 1 saturated carbocycles. The van der Waals surface area contributed by atoms with Crippen LogP contribution < -0.4 is 5.32 Å². The number of nitrogens with one attached hydrogen (secondary N) is 1. The molecule has 1 aromatic heterocycles. The molecule has 7 nitrogen and oxygen atoms in total. The van der Waals surface area contributed by atoms with E-state index in [4.69, 9.17) is 9.15 Å². The molecular formula is C18H26N2O5. The Bertz CT molecular complexity index is 643. The fourth-order valence-electron chi connectivity index (χ4n) is 4.20. The topological polar surface area (TPSA) is 92.0 Å². The third-order valence-electron chi connectivity index (χ3n) is 5.60. The Hall–Kier alpha value is -2.02. The van der Waals surface area contributed by atoms with Crippen LogP contribution in [0, 0.1) is 18.3 Å². The molecule has 1 saturated heterocycles.